The Morgan fingerprint density at radius 1 is 1.17 bits per heavy atom. The van der Waals surface area contributed by atoms with Crippen molar-refractivity contribution in [2.24, 2.45) is 11.5 Å². The van der Waals surface area contributed by atoms with Crippen molar-refractivity contribution in [3.05, 3.63) is 0 Å². The first-order valence-corrected chi connectivity index (χ1v) is 10.7. The van der Waals surface area contributed by atoms with Crippen LogP contribution in [-0.2, 0) is 24.0 Å². The maximum Gasteiger partial charge on any atom is 0.326 e. The predicted octanol–water partition coefficient (Wildman–Crippen LogP) is -1.99. The molecule has 0 unspecified atom stereocenters. The number of carboxylic acids is 1. The molecule has 1 aliphatic rings. The molecular formula is C17H29N5O6S. The van der Waals surface area contributed by atoms with Crippen molar-refractivity contribution in [3.63, 3.8) is 0 Å². The molecule has 3 atom stereocenters. The molecule has 12 heteroatoms. The molecule has 29 heavy (non-hydrogen) atoms. The summed E-state index contributed by atoms with van der Waals surface area (Å²) in [6.45, 7) is 0.160. The van der Waals surface area contributed by atoms with Gasteiger partial charge in [0.2, 0.25) is 23.6 Å². The Balaban J connectivity index is 2.86. The highest BCUT2D eigenvalue weighted by atomic mass is 32.2. The summed E-state index contributed by atoms with van der Waals surface area (Å²) in [6.07, 6.45) is 2.81. The number of carboxylic acid groups (broad SMARTS) is 1. The monoisotopic (exact) mass is 431 g/mol. The van der Waals surface area contributed by atoms with Gasteiger partial charge >= 0.3 is 5.97 Å². The van der Waals surface area contributed by atoms with Crippen LogP contribution in [0.15, 0.2) is 0 Å². The van der Waals surface area contributed by atoms with Gasteiger partial charge in [-0.05, 0) is 37.7 Å². The zero-order valence-corrected chi connectivity index (χ0v) is 17.2. The molecule has 7 N–H and O–H groups in total. The summed E-state index contributed by atoms with van der Waals surface area (Å²) in [6, 6.07) is -3.03. The molecule has 1 aliphatic heterocycles. The van der Waals surface area contributed by atoms with E-state index >= 15 is 0 Å². The van der Waals surface area contributed by atoms with E-state index in [0.717, 1.165) is 0 Å². The minimum atomic E-state index is -1.19. The summed E-state index contributed by atoms with van der Waals surface area (Å²) in [7, 11) is 0. The molecule has 0 aliphatic carbocycles. The average Bonchev–Trinajstić information content (AvgIpc) is 3.16. The summed E-state index contributed by atoms with van der Waals surface area (Å²) >= 11 is 1.44. The van der Waals surface area contributed by atoms with Crippen LogP contribution in [0.2, 0.25) is 0 Å². The first-order valence-electron chi connectivity index (χ1n) is 9.31. The largest absolute Gasteiger partial charge is 0.480 e. The first kappa shape index (κ1) is 24.7. The van der Waals surface area contributed by atoms with Crippen LogP contribution in [0.25, 0.3) is 0 Å². The van der Waals surface area contributed by atoms with E-state index in [4.69, 9.17) is 11.5 Å². The van der Waals surface area contributed by atoms with Crippen LogP contribution in [0.5, 0.6) is 0 Å². The lowest BCUT2D eigenvalue weighted by Crippen LogP contribution is -2.56. The Morgan fingerprint density at radius 2 is 1.86 bits per heavy atom. The van der Waals surface area contributed by atoms with E-state index in [1.165, 1.54) is 16.7 Å². The smallest absolute Gasteiger partial charge is 0.326 e. The summed E-state index contributed by atoms with van der Waals surface area (Å²) in [4.78, 5) is 61.0. The highest BCUT2D eigenvalue weighted by molar-refractivity contribution is 7.98. The normalized spacial score (nSPS) is 18.0. The van der Waals surface area contributed by atoms with Crippen LogP contribution in [-0.4, -0.2) is 82.8 Å². The number of rotatable bonds is 12. The van der Waals surface area contributed by atoms with Gasteiger partial charge in [0.1, 0.15) is 18.1 Å². The van der Waals surface area contributed by atoms with Crippen molar-refractivity contribution in [1.29, 1.82) is 0 Å². The minimum Gasteiger partial charge on any atom is -0.480 e. The number of carbonyl (C=O) groups excluding carboxylic acids is 4. The fraction of sp³-hybridized carbons (Fsp3) is 0.706. The van der Waals surface area contributed by atoms with Crippen LogP contribution in [0.4, 0.5) is 0 Å². The molecule has 0 saturated carbocycles. The van der Waals surface area contributed by atoms with Crippen LogP contribution in [0, 0.1) is 0 Å². The number of primary amides is 1. The number of nitrogens with two attached hydrogens (primary N) is 2. The minimum absolute atomic E-state index is 0.0840. The molecule has 0 radical (unpaired) electrons. The van der Waals surface area contributed by atoms with Crippen LogP contribution in [0.3, 0.4) is 0 Å². The van der Waals surface area contributed by atoms with Crippen LogP contribution >= 0.6 is 11.8 Å². The number of amides is 4. The number of nitrogens with one attached hydrogen (secondary N) is 2. The summed E-state index contributed by atoms with van der Waals surface area (Å²) < 4.78 is 0. The lowest BCUT2D eigenvalue weighted by atomic mass is 10.1. The second kappa shape index (κ2) is 12.3. The fourth-order valence-electron chi connectivity index (χ4n) is 3.04. The topological polar surface area (TPSA) is 185 Å². The molecule has 0 aromatic carbocycles. The van der Waals surface area contributed by atoms with Gasteiger partial charge in [-0.25, -0.2) is 4.79 Å². The van der Waals surface area contributed by atoms with Crippen molar-refractivity contribution < 1.29 is 29.1 Å². The zero-order chi connectivity index (χ0) is 22.0. The number of hydrogen-bond acceptors (Lipinski definition) is 7. The molecule has 1 rings (SSSR count). The fourth-order valence-corrected chi connectivity index (χ4v) is 3.52. The Labute approximate surface area is 173 Å². The van der Waals surface area contributed by atoms with Crippen LogP contribution in [0.1, 0.15) is 32.1 Å². The van der Waals surface area contributed by atoms with Crippen LogP contribution < -0.4 is 22.1 Å². The second-order valence-corrected chi connectivity index (χ2v) is 7.68. The highest BCUT2D eigenvalue weighted by Crippen LogP contribution is 2.18. The van der Waals surface area contributed by atoms with E-state index in [2.05, 4.69) is 10.6 Å². The predicted molar refractivity (Wildman–Crippen MR) is 107 cm³/mol. The molecule has 0 bridgehead atoms. The van der Waals surface area contributed by atoms with Gasteiger partial charge in [0.15, 0.2) is 0 Å². The summed E-state index contributed by atoms with van der Waals surface area (Å²) in [5.74, 6) is -2.97. The summed E-state index contributed by atoms with van der Waals surface area (Å²) in [5, 5.41) is 14.2. The van der Waals surface area contributed by atoms with Gasteiger partial charge in [-0.15, -0.1) is 0 Å². The highest BCUT2D eigenvalue weighted by Gasteiger charge is 2.35. The van der Waals surface area contributed by atoms with Gasteiger partial charge in [-0.2, -0.15) is 11.8 Å². The van der Waals surface area contributed by atoms with Gasteiger partial charge in [0.25, 0.3) is 0 Å². The molecular weight excluding hydrogens is 402 g/mol. The van der Waals surface area contributed by atoms with Gasteiger partial charge in [0, 0.05) is 13.0 Å². The first-order chi connectivity index (χ1) is 13.7. The van der Waals surface area contributed by atoms with Gasteiger partial charge < -0.3 is 32.1 Å². The van der Waals surface area contributed by atoms with E-state index in [0.29, 0.717) is 25.1 Å². The lowest BCUT2D eigenvalue weighted by Gasteiger charge is -2.26. The Hall–Kier alpha value is -2.34. The molecule has 0 aromatic rings. The third kappa shape index (κ3) is 7.89. The van der Waals surface area contributed by atoms with Crippen molar-refractivity contribution in [2.45, 2.75) is 50.2 Å². The lowest BCUT2D eigenvalue weighted by molar-refractivity contribution is -0.143. The number of aliphatic carboxylic acids is 1. The van der Waals surface area contributed by atoms with Gasteiger partial charge in [-0.1, -0.05) is 0 Å². The molecule has 1 fully saturated rings. The van der Waals surface area contributed by atoms with Gasteiger partial charge in [-0.3, -0.25) is 19.2 Å². The van der Waals surface area contributed by atoms with Crippen molar-refractivity contribution in [2.75, 3.05) is 25.1 Å². The van der Waals surface area contributed by atoms with Gasteiger partial charge in [0.05, 0.1) is 6.54 Å². The van der Waals surface area contributed by atoms with E-state index in [1.54, 1.807) is 0 Å². The maximum absolute atomic E-state index is 12.7. The van der Waals surface area contributed by atoms with Crippen molar-refractivity contribution in [3.8, 4) is 0 Å². The molecule has 4 amide bonds. The second-order valence-electron chi connectivity index (χ2n) is 6.70. The van der Waals surface area contributed by atoms with E-state index in [1.807, 2.05) is 6.26 Å². The molecule has 11 nitrogen and oxygen atoms in total. The Morgan fingerprint density at radius 3 is 2.41 bits per heavy atom. The van der Waals surface area contributed by atoms with Crippen molar-refractivity contribution in [1.82, 2.24) is 15.5 Å². The molecule has 1 heterocycles. The molecule has 0 spiro atoms. The standard InChI is InChI=1S/C17H29N5O6S/c1-29-8-6-11(17(27)28)21-15(25)10(4-5-13(19)23)20-16(26)12-3-2-7-22(12)14(24)9-18/h10-12H,2-9,18H2,1H3,(H2,19,23)(H,20,26)(H,21,25)(H,27,28)/t10-,11-,12-/m0/s1. The molecule has 1 saturated heterocycles. The number of likely N-dealkylation sites (tertiary alicyclic amines) is 1. The van der Waals surface area contributed by atoms with Crippen molar-refractivity contribution >= 4 is 41.4 Å². The zero-order valence-electron chi connectivity index (χ0n) is 16.4. The number of nitrogens with zero attached hydrogens (tertiary/aromatic N) is 1. The van der Waals surface area contributed by atoms with E-state index in [-0.39, 0.29) is 31.7 Å². The number of hydrogen-bond donors (Lipinski definition) is 5. The average molecular weight is 432 g/mol. The molecule has 164 valence electrons. The summed E-state index contributed by atoms with van der Waals surface area (Å²) in [5.41, 5.74) is 10.5. The van der Waals surface area contributed by atoms with E-state index < -0.39 is 41.8 Å². The maximum atomic E-state index is 12.7. The number of carbonyl (C=O) groups is 5. The Bertz CT molecular complexity index is 631. The quantitative estimate of drug-likeness (QED) is 0.235. The third-order valence-electron chi connectivity index (χ3n) is 4.59. The SMILES string of the molecule is CSCC[C@H](NC(=O)[C@H](CCC(N)=O)NC(=O)[C@@H]1CCCN1C(=O)CN)C(=O)O. The van der Waals surface area contributed by atoms with E-state index in [9.17, 15) is 29.1 Å². The molecule has 0 aromatic heterocycles. The number of thioether (sulfide) groups is 1. The third-order valence-corrected chi connectivity index (χ3v) is 5.23. The Kier molecular flexibility index (Phi) is 10.5.